The largest absolute Gasteiger partial charge is 0.388 e. The molecule has 4 heteroatoms. The number of hydrogen-bond acceptors (Lipinski definition) is 2. The van der Waals surface area contributed by atoms with Crippen LogP contribution in [0.5, 0.6) is 0 Å². The Morgan fingerprint density at radius 3 is 2.67 bits per heavy atom. The standard InChI is InChI=1S/C14H16N2O.ClH/c1-12(13-5-3-2-4-6-13)14(17)7-9-16-10-8-15-11-16;/h2-6,8,10-11,14,17H,1,7,9H2;1H. The number of aryl methyl sites for hydroxylation is 1. The highest BCUT2D eigenvalue weighted by atomic mass is 35.5. The zero-order valence-corrected chi connectivity index (χ0v) is 10.9. The zero-order valence-electron chi connectivity index (χ0n) is 10.1. The van der Waals surface area contributed by atoms with Gasteiger partial charge in [0.2, 0.25) is 0 Å². The Morgan fingerprint density at radius 2 is 2.06 bits per heavy atom. The third-order valence-corrected chi connectivity index (χ3v) is 2.77. The van der Waals surface area contributed by atoms with E-state index in [1.807, 2.05) is 41.1 Å². The SMILES string of the molecule is C=C(c1ccccc1)C(O)CCn1ccnc1.Cl. The summed E-state index contributed by atoms with van der Waals surface area (Å²) in [5.41, 5.74) is 1.76. The second-order valence-corrected chi connectivity index (χ2v) is 4.00. The fourth-order valence-corrected chi connectivity index (χ4v) is 1.71. The highest BCUT2D eigenvalue weighted by Gasteiger charge is 2.10. The third kappa shape index (κ3) is 3.72. The Kier molecular flexibility index (Phi) is 5.62. The summed E-state index contributed by atoms with van der Waals surface area (Å²) in [7, 11) is 0. The monoisotopic (exact) mass is 264 g/mol. The van der Waals surface area contributed by atoms with Gasteiger partial charge in [0.1, 0.15) is 0 Å². The molecule has 1 N–H and O–H groups in total. The van der Waals surface area contributed by atoms with E-state index in [0.717, 1.165) is 17.7 Å². The Bertz CT molecular complexity index is 468. The minimum Gasteiger partial charge on any atom is -0.388 e. The number of halogens is 1. The third-order valence-electron chi connectivity index (χ3n) is 2.77. The van der Waals surface area contributed by atoms with Crippen LogP contribution in [0.25, 0.3) is 5.57 Å². The van der Waals surface area contributed by atoms with Crippen LogP contribution in [-0.4, -0.2) is 20.8 Å². The van der Waals surface area contributed by atoms with E-state index in [2.05, 4.69) is 11.6 Å². The van der Waals surface area contributed by atoms with Crippen LogP contribution >= 0.6 is 12.4 Å². The van der Waals surface area contributed by atoms with Crippen molar-refractivity contribution in [1.82, 2.24) is 9.55 Å². The van der Waals surface area contributed by atoms with Gasteiger partial charge in [-0.05, 0) is 17.6 Å². The van der Waals surface area contributed by atoms with Crippen molar-refractivity contribution in [2.24, 2.45) is 0 Å². The average molecular weight is 265 g/mol. The Morgan fingerprint density at radius 1 is 1.33 bits per heavy atom. The van der Waals surface area contributed by atoms with Crippen molar-refractivity contribution in [3.63, 3.8) is 0 Å². The quantitative estimate of drug-likeness (QED) is 0.902. The molecule has 0 fully saturated rings. The topological polar surface area (TPSA) is 38.0 Å². The molecular formula is C14H17ClN2O. The van der Waals surface area contributed by atoms with E-state index in [1.165, 1.54) is 0 Å². The van der Waals surface area contributed by atoms with Gasteiger partial charge in [0.05, 0.1) is 12.4 Å². The lowest BCUT2D eigenvalue weighted by Crippen LogP contribution is -2.12. The molecule has 0 aliphatic carbocycles. The van der Waals surface area contributed by atoms with E-state index in [1.54, 1.807) is 12.5 Å². The lowest BCUT2D eigenvalue weighted by molar-refractivity contribution is 0.215. The number of nitrogens with zero attached hydrogens (tertiary/aromatic N) is 2. The number of aromatic nitrogens is 2. The van der Waals surface area contributed by atoms with Crippen molar-refractivity contribution in [3.05, 3.63) is 61.2 Å². The van der Waals surface area contributed by atoms with Crippen molar-refractivity contribution in [2.45, 2.75) is 19.1 Å². The van der Waals surface area contributed by atoms with Gasteiger partial charge in [-0.25, -0.2) is 4.98 Å². The number of aliphatic hydroxyl groups is 1. The van der Waals surface area contributed by atoms with Gasteiger partial charge in [0.15, 0.2) is 0 Å². The van der Waals surface area contributed by atoms with E-state index < -0.39 is 6.10 Å². The highest BCUT2D eigenvalue weighted by molar-refractivity contribution is 5.85. The molecule has 1 unspecified atom stereocenters. The molecule has 3 nitrogen and oxygen atoms in total. The van der Waals surface area contributed by atoms with Crippen LogP contribution in [0.15, 0.2) is 55.6 Å². The fourth-order valence-electron chi connectivity index (χ4n) is 1.71. The van der Waals surface area contributed by atoms with Gasteiger partial charge in [-0.15, -0.1) is 12.4 Å². The molecule has 2 rings (SSSR count). The van der Waals surface area contributed by atoms with Gasteiger partial charge < -0.3 is 9.67 Å². The summed E-state index contributed by atoms with van der Waals surface area (Å²) in [4.78, 5) is 3.96. The van der Waals surface area contributed by atoms with Gasteiger partial charge in [0.25, 0.3) is 0 Å². The summed E-state index contributed by atoms with van der Waals surface area (Å²) < 4.78 is 1.95. The molecule has 96 valence electrons. The molecule has 1 aromatic heterocycles. The number of imidazole rings is 1. The average Bonchev–Trinajstić information content (AvgIpc) is 2.89. The Hall–Kier alpha value is -1.58. The first-order valence-electron chi connectivity index (χ1n) is 5.65. The lowest BCUT2D eigenvalue weighted by Gasteiger charge is -2.14. The molecule has 0 saturated heterocycles. The van der Waals surface area contributed by atoms with E-state index in [0.29, 0.717) is 6.42 Å². The molecule has 0 bridgehead atoms. The van der Waals surface area contributed by atoms with Crippen molar-refractivity contribution < 1.29 is 5.11 Å². The normalized spacial score (nSPS) is 11.6. The first-order chi connectivity index (χ1) is 8.27. The maximum Gasteiger partial charge on any atom is 0.0945 e. The highest BCUT2D eigenvalue weighted by Crippen LogP contribution is 2.18. The first kappa shape index (κ1) is 14.5. The summed E-state index contributed by atoms with van der Waals surface area (Å²) >= 11 is 0. The van der Waals surface area contributed by atoms with Crippen molar-refractivity contribution in [2.75, 3.05) is 0 Å². The van der Waals surface area contributed by atoms with E-state index >= 15 is 0 Å². The molecule has 2 aromatic rings. The van der Waals surface area contributed by atoms with Crippen LogP contribution in [-0.2, 0) is 6.54 Å². The molecule has 1 aromatic carbocycles. The summed E-state index contributed by atoms with van der Waals surface area (Å²) in [5.74, 6) is 0. The van der Waals surface area contributed by atoms with Gasteiger partial charge >= 0.3 is 0 Å². The van der Waals surface area contributed by atoms with Gasteiger partial charge in [-0.3, -0.25) is 0 Å². The van der Waals surface area contributed by atoms with Crippen molar-refractivity contribution >= 4 is 18.0 Å². The van der Waals surface area contributed by atoms with Crippen LogP contribution in [0.4, 0.5) is 0 Å². The Labute approximate surface area is 113 Å². The molecule has 18 heavy (non-hydrogen) atoms. The summed E-state index contributed by atoms with van der Waals surface area (Å²) in [6, 6.07) is 9.77. The number of hydrogen-bond donors (Lipinski definition) is 1. The smallest absolute Gasteiger partial charge is 0.0945 e. The minimum atomic E-state index is -0.514. The number of rotatable bonds is 5. The van der Waals surface area contributed by atoms with E-state index in [-0.39, 0.29) is 12.4 Å². The van der Waals surface area contributed by atoms with Gasteiger partial charge in [0, 0.05) is 18.9 Å². The van der Waals surface area contributed by atoms with E-state index in [9.17, 15) is 5.11 Å². The van der Waals surface area contributed by atoms with Crippen LogP contribution < -0.4 is 0 Å². The van der Waals surface area contributed by atoms with Gasteiger partial charge in [-0.1, -0.05) is 36.9 Å². The fraction of sp³-hybridized carbons (Fsp3) is 0.214. The van der Waals surface area contributed by atoms with Crippen LogP contribution in [0, 0.1) is 0 Å². The Balaban J connectivity index is 0.00000162. The molecule has 0 saturated carbocycles. The van der Waals surface area contributed by atoms with Crippen LogP contribution in [0.1, 0.15) is 12.0 Å². The van der Waals surface area contributed by atoms with Crippen LogP contribution in [0.2, 0.25) is 0 Å². The predicted octanol–water partition coefficient (Wildman–Crippen LogP) is 2.77. The summed E-state index contributed by atoms with van der Waals surface area (Å²) in [5, 5.41) is 10.0. The van der Waals surface area contributed by atoms with Crippen molar-refractivity contribution in [1.29, 1.82) is 0 Å². The van der Waals surface area contributed by atoms with E-state index in [4.69, 9.17) is 0 Å². The second-order valence-electron chi connectivity index (χ2n) is 4.00. The number of benzene rings is 1. The summed E-state index contributed by atoms with van der Waals surface area (Å²) in [6.45, 7) is 4.69. The molecule has 1 heterocycles. The molecule has 0 aliphatic heterocycles. The maximum absolute atomic E-state index is 10.0. The van der Waals surface area contributed by atoms with Crippen molar-refractivity contribution in [3.8, 4) is 0 Å². The second kappa shape index (κ2) is 6.99. The maximum atomic E-state index is 10.0. The predicted molar refractivity (Wildman–Crippen MR) is 75.6 cm³/mol. The summed E-state index contributed by atoms with van der Waals surface area (Å²) in [6.07, 6.45) is 5.50. The zero-order chi connectivity index (χ0) is 12.1. The molecule has 0 amide bonds. The van der Waals surface area contributed by atoms with Crippen LogP contribution in [0.3, 0.4) is 0 Å². The molecular weight excluding hydrogens is 248 g/mol. The number of aliphatic hydroxyl groups excluding tert-OH is 1. The molecule has 0 radical (unpaired) electrons. The lowest BCUT2D eigenvalue weighted by atomic mass is 10.0. The minimum absolute atomic E-state index is 0. The molecule has 0 spiro atoms. The first-order valence-corrected chi connectivity index (χ1v) is 5.65. The van der Waals surface area contributed by atoms with Gasteiger partial charge in [-0.2, -0.15) is 0 Å². The molecule has 1 atom stereocenters. The molecule has 0 aliphatic rings.